The van der Waals surface area contributed by atoms with E-state index in [4.69, 9.17) is 11.6 Å². The molecule has 1 amide bonds. The van der Waals surface area contributed by atoms with E-state index < -0.39 is 0 Å². The number of rotatable bonds is 4. The van der Waals surface area contributed by atoms with Gasteiger partial charge in [-0.1, -0.05) is 17.7 Å². The van der Waals surface area contributed by atoms with Crippen molar-refractivity contribution in [2.75, 3.05) is 13.1 Å². The number of amides is 1. The molecule has 1 unspecified atom stereocenters. The van der Waals surface area contributed by atoms with Gasteiger partial charge >= 0.3 is 0 Å². The lowest BCUT2D eigenvalue weighted by molar-refractivity contribution is 0.0936. The minimum Gasteiger partial charge on any atom is -0.348 e. The number of aryl methyl sites for hydroxylation is 2. The van der Waals surface area contributed by atoms with Crippen molar-refractivity contribution >= 4 is 17.5 Å². The number of nitrogens with one attached hydrogen (secondary N) is 1. The number of tetrazole rings is 1. The van der Waals surface area contributed by atoms with E-state index in [-0.39, 0.29) is 18.0 Å². The minimum atomic E-state index is -0.118. The number of benzene rings is 1. The summed E-state index contributed by atoms with van der Waals surface area (Å²) in [7, 11) is 1.84. The Kier molecular flexibility index (Phi) is 5.06. The van der Waals surface area contributed by atoms with Crippen molar-refractivity contribution < 1.29 is 4.79 Å². The molecule has 1 saturated heterocycles. The van der Waals surface area contributed by atoms with Crippen LogP contribution in [0.4, 0.5) is 0 Å². The van der Waals surface area contributed by atoms with Gasteiger partial charge in [-0.25, -0.2) is 4.68 Å². The normalized spacial score (nSPS) is 19.2. The predicted octanol–water partition coefficient (Wildman–Crippen LogP) is 2.05. The number of hydrogen-bond donors (Lipinski definition) is 1. The molecule has 1 aromatic carbocycles. The second kappa shape index (κ2) is 7.09. The summed E-state index contributed by atoms with van der Waals surface area (Å²) < 4.78 is 1.69. The minimum absolute atomic E-state index is 0.0915. The molecule has 7 nitrogen and oxygen atoms in total. The lowest BCUT2D eigenvalue weighted by Gasteiger charge is -2.23. The summed E-state index contributed by atoms with van der Waals surface area (Å²) in [5, 5.41) is 15.3. The van der Waals surface area contributed by atoms with E-state index in [0.29, 0.717) is 10.6 Å². The Hall–Kier alpha value is -1.99. The standard InChI is InChI=1S/C17H23ClN6O/c1-10-5-6-14(15(18)11(10)2)17(25)19-13-7-8-24(9-13)12(3)16-20-21-22-23(16)4/h5-6,12-13H,7-9H2,1-4H3,(H,19,25)/t12?,13-/m0/s1. The molecule has 1 N–H and O–H groups in total. The number of carbonyl (C=O) groups excluding carboxylic acids is 1. The molecule has 2 heterocycles. The molecule has 0 radical (unpaired) electrons. The van der Waals surface area contributed by atoms with Crippen molar-refractivity contribution in [1.29, 1.82) is 0 Å². The lowest BCUT2D eigenvalue weighted by Crippen LogP contribution is -2.38. The number of aromatic nitrogens is 4. The van der Waals surface area contributed by atoms with E-state index in [2.05, 4.69) is 32.7 Å². The van der Waals surface area contributed by atoms with E-state index in [1.165, 1.54) is 0 Å². The van der Waals surface area contributed by atoms with Gasteiger partial charge in [0.1, 0.15) is 0 Å². The summed E-state index contributed by atoms with van der Waals surface area (Å²) in [6.07, 6.45) is 0.893. The van der Waals surface area contributed by atoms with Crippen molar-refractivity contribution in [3.8, 4) is 0 Å². The fraction of sp³-hybridized carbons (Fsp3) is 0.529. The highest BCUT2D eigenvalue weighted by Gasteiger charge is 2.30. The molecule has 25 heavy (non-hydrogen) atoms. The topological polar surface area (TPSA) is 75.9 Å². The molecule has 0 spiro atoms. The number of likely N-dealkylation sites (tertiary alicyclic amines) is 1. The first-order chi connectivity index (χ1) is 11.9. The van der Waals surface area contributed by atoms with Gasteiger partial charge in [0.25, 0.3) is 5.91 Å². The zero-order valence-electron chi connectivity index (χ0n) is 15.0. The van der Waals surface area contributed by atoms with E-state index in [1.54, 1.807) is 10.7 Å². The number of halogens is 1. The van der Waals surface area contributed by atoms with Crippen LogP contribution in [0.25, 0.3) is 0 Å². The Morgan fingerprint density at radius 2 is 2.16 bits per heavy atom. The van der Waals surface area contributed by atoms with Crippen molar-refractivity contribution in [2.45, 2.75) is 39.3 Å². The van der Waals surface area contributed by atoms with Gasteiger partial charge in [-0.05, 0) is 54.8 Å². The quantitative estimate of drug-likeness (QED) is 0.900. The summed E-state index contributed by atoms with van der Waals surface area (Å²) in [6, 6.07) is 3.92. The molecule has 0 aliphatic carbocycles. The average molecular weight is 363 g/mol. The number of carbonyl (C=O) groups is 1. The molecule has 2 aromatic rings. The predicted molar refractivity (Wildman–Crippen MR) is 95.6 cm³/mol. The first kappa shape index (κ1) is 17.8. The molecule has 1 aliphatic heterocycles. The van der Waals surface area contributed by atoms with Crippen LogP contribution in [-0.4, -0.2) is 50.1 Å². The highest BCUT2D eigenvalue weighted by molar-refractivity contribution is 6.34. The van der Waals surface area contributed by atoms with Gasteiger partial charge in [0.05, 0.1) is 16.6 Å². The largest absolute Gasteiger partial charge is 0.348 e. The molecule has 0 saturated carbocycles. The molecule has 8 heteroatoms. The van der Waals surface area contributed by atoms with Gasteiger partial charge < -0.3 is 5.32 Å². The number of nitrogens with zero attached hydrogens (tertiary/aromatic N) is 5. The smallest absolute Gasteiger partial charge is 0.253 e. The molecular weight excluding hydrogens is 340 g/mol. The first-order valence-electron chi connectivity index (χ1n) is 8.41. The van der Waals surface area contributed by atoms with E-state index >= 15 is 0 Å². The maximum absolute atomic E-state index is 12.6. The van der Waals surface area contributed by atoms with Crippen LogP contribution in [0, 0.1) is 13.8 Å². The average Bonchev–Trinajstić information content (AvgIpc) is 3.21. The summed E-state index contributed by atoms with van der Waals surface area (Å²) in [6.45, 7) is 7.65. The van der Waals surface area contributed by atoms with E-state index in [0.717, 1.165) is 36.5 Å². The van der Waals surface area contributed by atoms with E-state index in [9.17, 15) is 4.79 Å². The Labute approximate surface area is 152 Å². The summed E-state index contributed by atoms with van der Waals surface area (Å²) in [5.74, 6) is 0.706. The van der Waals surface area contributed by atoms with Gasteiger partial charge in [0.15, 0.2) is 5.82 Å². The second-order valence-corrected chi connectivity index (χ2v) is 7.04. The fourth-order valence-electron chi connectivity index (χ4n) is 3.23. The Morgan fingerprint density at radius 1 is 1.40 bits per heavy atom. The van der Waals surface area contributed by atoms with E-state index in [1.807, 2.05) is 27.0 Å². The SMILES string of the molecule is Cc1ccc(C(=O)N[C@H]2CCN(C(C)c3nnnn3C)C2)c(Cl)c1C. The van der Waals surface area contributed by atoms with Gasteiger partial charge in [-0.3, -0.25) is 9.69 Å². The Balaban J connectivity index is 1.64. The maximum Gasteiger partial charge on any atom is 0.253 e. The third kappa shape index (κ3) is 3.52. The lowest BCUT2D eigenvalue weighted by atomic mass is 10.1. The molecule has 1 aliphatic rings. The highest BCUT2D eigenvalue weighted by atomic mass is 35.5. The second-order valence-electron chi connectivity index (χ2n) is 6.66. The third-order valence-corrected chi connectivity index (χ3v) is 5.52. The van der Waals surface area contributed by atoms with Crippen LogP contribution in [0.15, 0.2) is 12.1 Å². The fourth-order valence-corrected chi connectivity index (χ4v) is 3.53. The molecule has 2 atom stereocenters. The van der Waals surface area contributed by atoms with Crippen LogP contribution in [0.2, 0.25) is 5.02 Å². The molecular formula is C17H23ClN6O. The maximum atomic E-state index is 12.6. The van der Waals surface area contributed by atoms with Gasteiger partial charge in [-0.15, -0.1) is 5.10 Å². The van der Waals surface area contributed by atoms with Crippen LogP contribution < -0.4 is 5.32 Å². The van der Waals surface area contributed by atoms with Crippen molar-refractivity contribution in [1.82, 2.24) is 30.4 Å². The zero-order chi connectivity index (χ0) is 18.1. The molecule has 1 aromatic heterocycles. The molecule has 0 bridgehead atoms. The van der Waals surface area contributed by atoms with Crippen LogP contribution in [-0.2, 0) is 7.05 Å². The monoisotopic (exact) mass is 362 g/mol. The zero-order valence-corrected chi connectivity index (χ0v) is 15.7. The van der Waals surface area contributed by atoms with Gasteiger partial charge in [0, 0.05) is 26.2 Å². The Morgan fingerprint density at radius 3 is 2.84 bits per heavy atom. The summed E-state index contributed by atoms with van der Waals surface area (Å²) in [5.41, 5.74) is 2.57. The van der Waals surface area contributed by atoms with Crippen molar-refractivity contribution in [2.24, 2.45) is 7.05 Å². The molecule has 134 valence electrons. The summed E-state index contributed by atoms with van der Waals surface area (Å²) >= 11 is 6.35. The van der Waals surface area contributed by atoms with Crippen LogP contribution >= 0.6 is 11.6 Å². The van der Waals surface area contributed by atoms with Crippen molar-refractivity contribution in [3.63, 3.8) is 0 Å². The Bertz CT molecular complexity index is 789. The first-order valence-corrected chi connectivity index (χ1v) is 8.79. The molecule has 1 fully saturated rings. The van der Waals surface area contributed by atoms with Crippen LogP contribution in [0.3, 0.4) is 0 Å². The van der Waals surface area contributed by atoms with Crippen molar-refractivity contribution in [3.05, 3.63) is 39.7 Å². The van der Waals surface area contributed by atoms with Crippen LogP contribution in [0.5, 0.6) is 0 Å². The molecule has 3 rings (SSSR count). The van der Waals surface area contributed by atoms with Crippen LogP contribution in [0.1, 0.15) is 46.7 Å². The number of hydrogen-bond acceptors (Lipinski definition) is 5. The van der Waals surface area contributed by atoms with Gasteiger partial charge in [0.2, 0.25) is 0 Å². The van der Waals surface area contributed by atoms with Gasteiger partial charge in [-0.2, -0.15) is 0 Å². The third-order valence-electron chi connectivity index (χ3n) is 5.03. The summed E-state index contributed by atoms with van der Waals surface area (Å²) in [4.78, 5) is 14.9. The highest BCUT2D eigenvalue weighted by Crippen LogP contribution is 2.25.